The lowest BCUT2D eigenvalue weighted by Crippen LogP contribution is -2.39. The van der Waals surface area contributed by atoms with Gasteiger partial charge in [-0.1, -0.05) is 18.2 Å². The zero-order valence-corrected chi connectivity index (χ0v) is 20.9. The number of carbonyl (C=O) groups excluding carboxylic acids is 2. The molecule has 0 radical (unpaired) electrons. The van der Waals surface area contributed by atoms with E-state index >= 15 is 0 Å². The smallest absolute Gasteiger partial charge is 0.242 e. The van der Waals surface area contributed by atoms with E-state index in [1.165, 1.54) is 0 Å². The number of aryl methyl sites for hydroxylation is 2. The van der Waals surface area contributed by atoms with Gasteiger partial charge in [-0.15, -0.1) is 11.3 Å². The first-order valence-electron chi connectivity index (χ1n) is 11.6. The van der Waals surface area contributed by atoms with Crippen LogP contribution in [0.25, 0.3) is 0 Å². The van der Waals surface area contributed by atoms with Gasteiger partial charge >= 0.3 is 0 Å². The van der Waals surface area contributed by atoms with Crippen LogP contribution < -0.4 is 4.74 Å². The number of methoxy groups -OCH3 is 1. The molecule has 0 aliphatic carbocycles. The lowest BCUT2D eigenvalue weighted by molar-refractivity contribution is -0.139. The van der Waals surface area contributed by atoms with Gasteiger partial charge in [-0.25, -0.2) is 4.98 Å². The molecule has 184 valence electrons. The highest BCUT2D eigenvalue weighted by molar-refractivity contribution is 7.09. The highest BCUT2D eigenvalue weighted by atomic mass is 32.1. The Morgan fingerprint density at radius 3 is 2.80 bits per heavy atom. The molecule has 0 spiro atoms. The quantitative estimate of drug-likeness (QED) is 0.454. The van der Waals surface area contributed by atoms with Gasteiger partial charge in [-0.05, 0) is 43.2 Å². The number of hydrogen-bond donors (Lipinski definition) is 0. The Hall–Kier alpha value is -3.30. The normalized spacial score (nSPS) is 16.3. The third kappa shape index (κ3) is 6.86. The maximum absolute atomic E-state index is 13.1. The third-order valence-electron chi connectivity index (χ3n) is 5.99. The predicted molar refractivity (Wildman–Crippen MR) is 133 cm³/mol. The van der Waals surface area contributed by atoms with Crippen molar-refractivity contribution in [2.75, 3.05) is 26.7 Å². The largest absolute Gasteiger partial charge is 0.497 e. The van der Waals surface area contributed by atoms with Crippen LogP contribution >= 0.6 is 11.3 Å². The molecule has 2 amide bonds. The van der Waals surface area contributed by atoms with Gasteiger partial charge in [0.25, 0.3) is 0 Å². The second-order valence-electron chi connectivity index (χ2n) is 8.52. The zero-order valence-electron chi connectivity index (χ0n) is 20.1. The minimum Gasteiger partial charge on any atom is -0.497 e. The van der Waals surface area contributed by atoms with Crippen LogP contribution in [-0.2, 0) is 33.9 Å². The molecule has 1 aromatic carbocycles. The molecule has 3 aromatic rings. The molecule has 9 heteroatoms. The standard InChI is InChI=1S/C26H30N4O4S/c1-19-24(35-18-28-19)9-10-25(31)30-15-23(34-17-20-6-5-8-22(12-20)33-2)14-29(26(32)16-30)13-21-7-3-4-11-27-21/h3-8,11-12,18,23H,9-10,13-17H2,1-2H3/t23-/m0/s1. The molecule has 8 nitrogen and oxygen atoms in total. The fourth-order valence-electron chi connectivity index (χ4n) is 4.04. The van der Waals surface area contributed by atoms with Crippen molar-refractivity contribution in [1.82, 2.24) is 19.8 Å². The van der Waals surface area contributed by atoms with E-state index < -0.39 is 0 Å². The molecule has 0 N–H and O–H groups in total. The highest BCUT2D eigenvalue weighted by Crippen LogP contribution is 2.19. The summed E-state index contributed by atoms with van der Waals surface area (Å²) in [5, 5.41) is 0. The number of benzene rings is 1. The van der Waals surface area contributed by atoms with Crippen molar-refractivity contribution in [3.63, 3.8) is 0 Å². The number of hydrogen-bond acceptors (Lipinski definition) is 7. The molecule has 0 bridgehead atoms. The number of thiazole rings is 1. The summed E-state index contributed by atoms with van der Waals surface area (Å²) in [7, 11) is 1.63. The van der Waals surface area contributed by atoms with Crippen LogP contribution in [0.2, 0.25) is 0 Å². The van der Waals surface area contributed by atoms with Crippen LogP contribution in [0.3, 0.4) is 0 Å². The fraction of sp³-hybridized carbons (Fsp3) is 0.385. The molecule has 1 saturated heterocycles. The zero-order chi connectivity index (χ0) is 24.6. The minimum atomic E-state index is -0.328. The Labute approximate surface area is 209 Å². The van der Waals surface area contributed by atoms with Crippen LogP contribution in [-0.4, -0.2) is 64.4 Å². The highest BCUT2D eigenvalue weighted by Gasteiger charge is 2.31. The molecule has 1 atom stereocenters. The van der Waals surface area contributed by atoms with E-state index in [1.54, 1.807) is 40.0 Å². The lowest BCUT2D eigenvalue weighted by Gasteiger charge is -2.25. The molecule has 4 rings (SSSR count). The molecular weight excluding hydrogens is 464 g/mol. The molecule has 1 fully saturated rings. The van der Waals surface area contributed by atoms with Crippen LogP contribution in [0.5, 0.6) is 5.75 Å². The van der Waals surface area contributed by atoms with Gasteiger partial charge in [0.1, 0.15) is 5.75 Å². The SMILES string of the molecule is COc1cccc(CO[C@@H]2CN(C(=O)CCc3scnc3C)CC(=O)N(Cc3ccccn3)C2)c1. The predicted octanol–water partition coefficient (Wildman–Crippen LogP) is 3.24. The van der Waals surface area contributed by atoms with E-state index in [0.717, 1.165) is 27.6 Å². The maximum Gasteiger partial charge on any atom is 0.242 e. The number of pyridine rings is 1. The van der Waals surface area contributed by atoms with Crippen molar-refractivity contribution in [3.05, 3.63) is 76.0 Å². The summed E-state index contributed by atoms with van der Waals surface area (Å²) >= 11 is 1.55. The maximum atomic E-state index is 13.1. The average molecular weight is 495 g/mol. The number of nitrogens with zero attached hydrogens (tertiary/aromatic N) is 4. The van der Waals surface area contributed by atoms with Crippen LogP contribution in [0, 0.1) is 6.92 Å². The van der Waals surface area contributed by atoms with E-state index in [-0.39, 0.29) is 24.5 Å². The average Bonchev–Trinajstić information content (AvgIpc) is 3.22. The first kappa shape index (κ1) is 24.8. The van der Waals surface area contributed by atoms with Gasteiger partial charge in [0.2, 0.25) is 11.8 Å². The summed E-state index contributed by atoms with van der Waals surface area (Å²) in [5.74, 6) is 0.598. The summed E-state index contributed by atoms with van der Waals surface area (Å²) < 4.78 is 11.5. The van der Waals surface area contributed by atoms with Gasteiger partial charge in [0.05, 0.1) is 49.8 Å². The fourth-order valence-corrected chi connectivity index (χ4v) is 4.82. The van der Waals surface area contributed by atoms with Crippen LogP contribution in [0.4, 0.5) is 0 Å². The summed E-state index contributed by atoms with van der Waals surface area (Å²) in [6, 6.07) is 13.3. The van der Waals surface area contributed by atoms with Crippen molar-refractivity contribution in [1.29, 1.82) is 0 Å². The van der Waals surface area contributed by atoms with E-state index in [0.29, 0.717) is 39.1 Å². The molecule has 1 aliphatic heterocycles. The van der Waals surface area contributed by atoms with Crippen molar-refractivity contribution in [3.8, 4) is 5.75 Å². The van der Waals surface area contributed by atoms with Crippen molar-refractivity contribution >= 4 is 23.2 Å². The molecule has 0 unspecified atom stereocenters. The Kier molecular flexibility index (Phi) is 8.44. The Bertz CT molecular complexity index is 1140. The van der Waals surface area contributed by atoms with E-state index in [2.05, 4.69) is 9.97 Å². The second kappa shape index (κ2) is 11.9. The van der Waals surface area contributed by atoms with Gasteiger partial charge in [-0.3, -0.25) is 14.6 Å². The molecule has 0 saturated carbocycles. The number of ether oxygens (including phenoxy) is 2. The third-order valence-corrected chi connectivity index (χ3v) is 6.98. The summed E-state index contributed by atoms with van der Waals surface area (Å²) in [6.45, 7) is 3.46. The summed E-state index contributed by atoms with van der Waals surface area (Å²) in [5.41, 5.74) is 4.51. The number of aromatic nitrogens is 2. The van der Waals surface area contributed by atoms with E-state index in [9.17, 15) is 9.59 Å². The first-order valence-corrected chi connectivity index (χ1v) is 12.5. The van der Waals surface area contributed by atoms with Gasteiger partial charge in [0, 0.05) is 30.6 Å². The van der Waals surface area contributed by atoms with E-state index in [1.807, 2.05) is 49.4 Å². The lowest BCUT2D eigenvalue weighted by atomic mass is 10.2. The Morgan fingerprint density at radius 2 is 2.06 bits per heavy atom. The van der Waals surface area contributed by atoms with Gasteiger partial charge in [-0.2, -0.15) is 0 Å². The molecule has 2 aromatic heterocycles. The number of amides is 2. The van der Waals surface area contributed by atoms with Crippen molar-refractivity contribution in [2.45, 2.75) is 39.0 Å². The minimum absolute atomic E-state index is 0.0341. The van der Waals surface area contributed by atoms with Crippen LogP contribution in [0.1, 0.15) is 28.2 Å². The molecule has 1 aliphatic rings. The number of carbonyl (C=O) groups is 2. The topological polar surface area (TPSA) is 84.9 Å². The second-order valence-corrected chi connectivity index (χ2v) is 9.45. The first-order chi connectivity index (χ1) is 17.0. The molecular formula is C26H30N4O4S. The number of rotatable bonds is 9. The molecule has 35 heavy (non-hydrogen) atoms. The van der Waals surface area contributed by atoms with Crippen molar-refractivity contribution < 1.29 is 19.1 Å². The monoisotopic (exact) mass is 494 g/mol. The van der Waals surface area contributed by atoms with Crippen LogP contribution in [0.15, 0.2) is 54.2 Å². The van der Waals surface area contributed by atoms with Crippen molar-refractivity contribution in [2.24, 2.45) is 0 Å². The Morgan fingerprint density at radius 1 is 1.17 bits per heavy atom. The van der Waals surface area contributed by atoms with E-state index in [4.69, 9.17) is 9.47 Å². The van der Waals surface area contributed by atoms with Gasteiger partial charge in [0.15, 0.2) is 0 Å². The van der Waals surface area contributed by atoms with Gasteiger partial charge < -0.3 is 19.3 Å². The molecule has 3 heterocycles. The summed E-state index contributed by atoms with van der Waals surface area (Å²) in [4.78, 5) is 39.4. The summed E-state index contributed by atoms with van der Waals surface area (Å²) in [6.07, 6.45) is 2.34. The Balaban J connectivity index is 1.46.